The summed E-state index contributed by atoms with van der Waals surface area (Å²) in [5, 5.41) is 3.23. The number of halogens is 1. The van der Waals surface area contributed by atoms with E-state index in [1.807, 2.05) is 13.8 Å². The number of sulfonamides is 1. The van der Waals surface area contributed by atoms with Gasteiger partial charge in [-0.2, -0.15) is 0 Å². The molecule has 8 heteroatoms. The first kappa shape index (κ1) is 21.1. The molecular weight excluding hydrogens is 388 g/mol. The van der Waals surface area contributed by atoms with Gasteiger partial charge in [-0.25, -0.2) is 8.42 Å². The molecule has 0 radical (unpaired) electrons. The Morgan fingerprint density at radius 3 is 2.52 bits per heavy atom. The number of carbonyl (C=O) groups excluding carboxylic acids is 1. The number of rotatable bonds is 7. The summed E-state index contributed by atoms with van der Waals surface area (Å²) in [4.78, 5) is 12.5. The van der Waals surface area contributed by atoms with Crippen molar-refractivity contribution in [3.05, 3.63) is 53.1 Å². The third kappa shape index (κ3) is 5.87. The van der Waals surface area contributed by atoms with Crippen LogP contribution in [0.15, 0.2) is 42.5 Å². The van der Waals surface area contributed by atoms with Gasteiger partial charge in [0.05, 0.1) is 18.0 Å². The highest BCUT2D eigenvalue weighted by molar-refractivity contribution is 7.92. The molecule has 2 aromatic rings. The molecule has 1 amide bonds. The Kier molecular flexibility index (Phi) is 6.73. The van der Waals surface area contributed by atoms with Gasteiger partial charge >= 0.3 is 0 Å². The zero-order valence-corrected chi connectivity index (χ0v) is 17.3. The first-order valence-electron chi connectivity index (χ1n) is 8.37. The Hall–Kier alpha value is -2.25. The molecule has 0 saturated carbocycles. The lowest BCUT2D eigenvalue weighted by molar-refractivity contribution is -0.114. The molecule has 2 aromatic carbocycles. The summed E-state index contributed by atoms with van der Waals surface area (Å²) >= 11 is 6.06. The van der Waals surface area contributed by atoms with Crippen LogP contribution < -0.4 is 14.4 Å². The summed E-state index contributed by atoms with van der Waals surface area (Å²) in [6.07, 6.45) is 1.00. The molecule has 0 bridgehead atoms. The molecule has 0 aliphatic heterocycles. The van der Waals surface area contributed by atoms with Gasteiger partial charge in [-0.05, 0) is 50.6 Å². The number of nitrogens with one attached hydrogen (secondary N) is 1. The fraction of sp³-hybridized carbons (Fsp3) is 0.316. The van der Waals surface area contributed by atoms with Gasteiger partial charge in [0.25, 0.3) is 0 Å². The quantitative estimate of drug-likeness (QED) is 0.752. The minimum Gasteiger partial charge on any atom is -0.491 e. The predicted octanol–water partition coefficient (Wildman–Crippen LogP) is 3.84. The molecule has 0 fully saturated rings. The van der Waals surface area contributed by atoms with E-state index in [4.69, 9.17) is 16.3 Å². The summed E-state index contributed by atoms with van der Waals surface area (Å²) in [6.45, 7) is 5.17. The molecule has 0 heterocycles. The van der Waals surface area contributed by atoms with Crippen LogP contribution in [0.1, 0.15) is 19.4 Å². The van der Waals surface area contributed by atoms with Crippen molar-refractivity contribution in [2.75, 3.05) is 22.4 Å². The number of ether oxygens (including phenoxy) is 1. The molecule has 1 N–H and O–H groups in total. The van der Waals surface area contributed by atoms with Crippen molar-refractivity contribution in [3.63, 3.8) is 0 Å². The molecule has 27 heavy (non-hydrogen) atoms. The highest BCUT2D eigenvalue weighted by Gasteiger charge is 2.22. The second-order valence-corrected chi connectivity index (χ2v) is 8.71. The summed E-state index contributed by atoms with van der Waals surface area (Å²) < 4.78 is 31.2. The summed E-state index contributed by atoms with van der Waals surface area (Å²) in [5.41, 5.74) is 1.61. The maximum atomic E-state index is 12.5. The second kappa shape index (κ2) is 8.63. The lowest BCUT2D eigenvalue weighted by Crippen LogP contribution is -2.37. The third-order valence-corrected chi connectivity index (χ3v) is 5.26. The van der Waals surface area contributed by atoms with E-state index < -0.39 is 15.9 Å². The van der Waals surface area contributed by atoms with E-state index in [2.05, 4.69) is 5.32 Å². The van der Waals surface area contributed by atoms with E-state index in [1.54, 1.807) is 49.4 Å². The van der Waals surface area contributed by atoms with Crippen molar-refractivity contribution >= 4 is 38.9 Å². The number of amides is 1. The Labute approximate surface area is 165 Å². The van der Waals surface area contributed by atoms with Gasteiger partial charge < -0.3 is 10.1 Å². The highest BCUT2D eigenvalue weighted by Crippen LogP contribution is 2.25. The standard InChI is InChI=1S/C19H23ClN2O4S/c1-13(2)26-16-8-5-7-15(11-16)22(27(4,24)25)12-19(23)21-18-10-6-9-17(20)14(18)3/h5-11,13H,12H2,1-4H3,(H,21,23). The highest BCUT2D eigenvalue weighted by atomic mass is 35.5. The maximum Gasteiger partial charge on any atom is 0.245 e. The van der Waals surface area contributed by atoms with Crippen molar-refractivity contribution < 1.29 is 17.9 Å². The molecule has 0 spiro atoms. The second-order valence-electron chi connectivity index (χ2n) is 6.39. The topological polar surface area (TPSA) is 75.7 Å². The van der Waals surface area contributed by atoms with Crippen molar-refractivity contribution in [2.45, 2.75) is 26.9 Å². The van der Waals surface area contributed by atoms with Crippen LogP contribution in [0, 0.1) is 6.92 Å². The fourth-order valence-electron chi connectivity index (χ4n) is 2.45. The first-order chi connectivity index (χ1) is 12.6. The Balaban J connectivity index is 2.25. The number of benzene rings is 2. The van der Waals surface area contributed by atoms with E-state index in [-0.39, 0.29) is 12.6 Å². The Morgan fingerprint density at radius 2 is 1.89 bits per heavy atom. The summed E-state index contributed by atoms with van der Waals surface area (Å²) in [7, 11) is -3.68. The lowest BCUT2D eigenvalue weighted by Gasteiger charge is -2.23. The zero-order chi connectivity index (χ0) is 20.2. The molecule has 0 unspecified atom stereocenters. The molecule has 0 saturated heterocycles. The minimum atomic E-state index is -3.68. The summed E-state index contributed by atoms with van der Waals surface area (Å²) in [6, 6.07) is 11.8. The van der Waals surface area contributed by atoms with Crippen LogP contribution >= 0.6 is 11.6 Å². The van der Waals surface area contributed by atoms with Crippen LogP contribution in [-0.4, -0.2) is 33.2 Å². The van der Waals surface area contributed by atoms with Crippen LogP contribution in [0.5, 0.6) is 5.75 Å². The molecule has 0 atom stereocenters. The van der Waals surface area contributed by atoms with Gasteiger partial charge in [0.2, 0.25) is 15.9 Å². The maximum absolute atomic E-state index is 12.5. The predicted molar refractivity (Wildman–Crippen MR) is 109 cm³/mol. The third-order valence-electron chi connectivity index (χ3n) is 3.71. The zero-order valence-electron chi connectivity index (χ0n) is 15.7. The van der Waals surface area contributed by atoms with E-state index in [0.29, 0.717) is 27.7 Å². The van der Waals surface area contributed by atoms with Gasteiger partial charge in [0.1, 0.15) is 12.3 Å². The number of anilines is 2. The van der Waals surface area contributed by atoms with E-state index in [0.717, 1.165) is 10.6 Å². The van der Waals surface area contributed by atoms with Crippen molar-refractivity contribution in [3.8, 4) is 5.75 Å². The van der Waals surface area contributed by atoms with Crippen LogP contribution in [0.4, 0.5) is 11.4 Å². The number of carbonyl (C=O) groups is 1. The fourth-order valence-corrected chi connectivity index (χ4v) is 3.47. The average molecular weight is 411 g/mol. The monoisotopic (exact) mass is 410 g/mol. The molecule has 146 valence electrons. The number of nitrogens with zero attached hydrogens (tertiary/aromatic N) is 1. The average Bonchev–Trinajstić information content (AvgIpc) is 2.55. The van der Waals surface area contributed by atoms with E-state index in [9.17, 15) is 13.2 Å². The summed E-state index contributed by atoms with van der Waals surface area (Å²) in [5.74, 6) is 0.0585. The van der Waals surface area contributed by atoms with Gasteiger partial charge in [0, 0.05) is 16.8 Å². The molecule has 6 nitrogen and oxygen atoms in total. The normalized spacial score (nSPS) is 11.3. The van der Waals surface area contributed by atoms with E-state index >= 15 is 0 Å². The van der Waals surface area contributed by atoms with Gasteiger partial charge in [-0.15, -0.1) is 0 Å². The van der Waals surface area contributed by atoms with Crippen molar-refractivity contribution in [1.82, 2.24) is 0 Å². The van der Waals surface area contributed by atoms with Gasteiger partial charge in [-0.1, -0.05) is 23.7 Å². The molecule has 0 aliphatic rings. The Morgan fingerprint density at radius 1 is 1.22 bits per heavy atom. The van der Waals surface area contributed by atoms with Crippen LogP contribution in [0.3, 0.4) is 0 Å². The van der Waals surface area contributed by atoms with Crippen molar-refractivity contribution in [2.24, 2.45) is 0 Å². The van der Waals surface area contributed by atoms with Gasteiger partial charge in [-0.3, -0.25) is 9.10 Å². The molecule has 0 aromatic heterocycles. The molecular formula is C19H23ClN2O4S. The lowest BCUT2D eigenvalue weighted by atomic mass is 10.2. The number of hydrogen-bond acceptors (Lipinski definition) is 4. The van der Waals surface area contributed by atoms with Crippen LogP contribution in [-0.2, 0) is 14.8 Å². The van der Waals surface area contributed by atoms with Gasteiger partial charge in [0.15, 0.2) is 0 Å². The number of hydrogen-bond donors (Lipinski definition) is 1. The van der Waals surface area contributed by atoms with Crippen molar-refractivity contribution in [1.29, 1.82) is 0 Å². The van der Waals surface area contributed by atoms with Crippen LogP contribution in [0.2, 0.25) is 5.02 Å². The molecule has 0 aliphatic carbocycles. The smallest absolute Gasteiger partial charge is 0.245 e. The molecule has 2 rings (SSSR count). The van der Waals surface area contributed by atoms with Crippen LogP contribution in [0.25, 0.3) is 0 Å². The first-order valence-corrected chi connectivity index (χ1v) is 10.6. The van der Waals surface area contributed by atoms with E-state index in [1.165, 1.54) is 0 Å². The SMILES string of the molecule is Cc1c(Cl)cccc1NC(=O)CN(c1cccc(OC(C)C)c1)S(C)(=O)=O. The minimum absolute atomic E-state index is 0.0546. The largest absolute Gasteiger partial charge is 0.491 e. The Bertz CT molecular complexity index is 929.